The van der Waals surface area contributed by atoms with E-state index in [1.165, 1.54) is 6.07 Å². The van der Waals surface area contributed by atoms with Crippen molar-refractivity contribution in [1.29, 1.82) is 0 Å². The van der Waals surface area contributed by atoms with Crippen molar-refractivity contribution in [2.24, 2.45) is 5.92 Å². The molecule has 19 heavy (non-hydrogen) atoms. The van der Waals surface area contributed by atoms with Crippen LogP contribution in [0.3, 0.4) is 0 Å². The van der Waals surface area contributed by atoms with E-state index in [0.717, 1.165) is 0 Å². The quantitative estimate of drug-likeness (QED) is 0.841. The van der Waals surface area contributed by atoms with Gasteiger partial charge in [-0.05, 0) is 13.0 Å². The van der Waals surface area contributed by atoms with Gasteiger partial charge in [0.25, 0.3) is 0 Å². The van der Waals surface area contributed by atoms with Crippen LogP contribution < -0.4 is 4.72 Å². The van der Waals surface area contributed by atoms with Gasteiger partial charge < -0.3 is 4.74 Å². The van der Waals surface area contributed by atoms with Crippen molar-refractivity contribution in [3.05, 3.63) is 35.6 Å². The lowest BCUT2D eigenvalue weighted by atomic mass is 9.88. The third kappa shape index (κ3) is 2.27. The third-order valence-electron chi connectivity index (χ3n) is 3.59. The van der Waals surface area contributed by atoms with Crippen LogP contribution in [0.2, 0.25) is 0 Å². The fourth-order valence-electron chi connectivity index (χ4n) is 2.79. The molecule has 0 radical (unpaired) electrons. The molecule has 2 fully saturated rings. The first-order chi connectivity index (χ1) is 8.98. The van der Waals surface area contributed by atoms with E-state index in [-0.39, 0.29) is 24.4 Å². The Morgan fingerprint density at radius 1 is 1.37 bits per heavy atom. The highest BCUT2D eigenvalue weighted by atomic mass is 32.2. The molecule has 4 unspecified atom stereocenters. The number of nitrogens with one attached hydrogen (secondary N) is 1. The number of ether oxygens (including phenoxy) is 1. The molecule has 0 bridgehead atoms. The monoisotopic (exact) mass is 287 g/mol. The Morgan fingerprint density at radius 3 is 2.84 bits per heavy atom. The highest BCUT2D eigenvalue weighted by Gasteiger charge is 2.49. The SMILES string of the molecule is CC1NS(=O)(=O)OC2COC(c3ccccc3F)C12. The Bertz CT molecular complexity index is 591. The molecular weight excluding hydrogens is 273 g/mol. The van der Waals surface area contributed by atoms with Crippen LogP contribution in [-0.4, -0.2) is 27.2 Å². The van der Waals surface area contributed by atoms with E-state index in [4.69, 9.17) is 8.92 Å². The molecule has 0 amide bonds. The van der Waals surface area contributed by atoms with Crippen LogP contribution in [0.1, 0.15) is 18.6 Å². The van der Waals surface area contributed by atoms with Crippen LogP contribution in [-0.2, 0) is 19.2 Å². The maximum atomic E-state index is 13.8. The predicted molar refractivity (Wildman–Crippen MR) is 65.0 cm³/mol. The Balaban J connectivity index is 1.93. The minimum Gasteiger partial charge on any atom is -0.370 e. The van der Waals surface area contributed by atoms with E-state index >= 15 is 0 Å². The van der Waals surface area contributed by atoms with E-state index in [1.807, 2.05) is 0 Å². The number of hydrogen-bond acceptors (Lipinski definition) is 4. The van der Waals surface area contributed by atoms with E-state index in [0.29, 0.717) is 5.56 Å². The van der Waals surface area contributed by atoms with Crippen LogP contribution in [0, 0.1) is 11.7 Å². The Kier molecular flexibility index (Phi) is 3.09. The van der Waals surface area contributed by atoms with Crippen molar-refractivity contribution in [2.75, 3.05) is 6.61 Å². The first kappa shape index (κ1) is 13.0. The minimum absolute atomic E-state index is 0.148. The molecule has 2 heterocycles. The van der Waals surface area contributed by atoms with Gasteiger partial charge in [0.05, 0.1) is 12.7 Å². The predicted octanol–water partition coefficient (Wildman–Crippen LogP) is 1.13. The zero-order valence-electron chi connectivity index (χ0n) is 10.2. The summed E-state index contributed by atoms with van der Waals surface area (Å²) in [4.78, 5) is 0. The summed E-state index contributed by atoms with van der Waals surface area (Å²) >= 11 is 0. The molecule has 2 saturated heterocycles. The summed E-state index contributed by atoms with van der Waals surface area (Å²) in [5, 5.41) is 0. The summed E-state index contributed by atoms with van der Waals surface area (Å²) in [6.45, 7) is 1.88. The molecule has 1 aromatic carbocycles. The molecule has 2 aliphatic heterocycles. The van der Waals surface area contributed by atoms with Crippen molar-refractivity contribution >= 4 is 10.3 Å². The zero-order valence-corrected chi connectivity index (χ0v) is 11.1. The lowest BCUT2D eigenvalue weighted by molar-refractivity contribution is 0.0815. The standard InChI is InChI=1S/C12H14FNO4S/c1-7-11-10(18-19(15,16)14-7)6-17-12(11)8-4-2-3-5-9(8)13/h2-5,7,10-12,14H,6H2,1H3. The average molecular weight is 287 g/mol. The molecule has 0 aliphatic carbocycles. The maximum Gasteiger partial charge on any atom is 0.336 e. The van der Waals surface area contributed by atoms with Gasteiger partial charge in [-0.25, -0.2) is 4.39 Å². The zero-order chi connectivity index (χ0) is 13.6. The van der Waals surface area contributed by atoms with Crippen molar-refractivity contribution in [3.8, 4) is 0 Å². The number of hydrogen-bond donors (Lipinski definition) is 1. The first-order valence-electron chi connectivity index (χ1n) is 6.04. The fourth-order valence-corrected chi connectivity index (χ4v) is 3.97. The molecular formula is C12H14FNO4S. The molecule has 1 N–H and O–H groups in total. The van der Waals surface area contributed by atoms with Gasteiger partial charge >= 0.3 is 10.3 Å². The Hall–Kier alpha value is -1.02. The van der Waals surface area contributed by atoms with Crippen LogP contribution in [0.4, 0.5) is 4.39 Å². The number of fused-ring (bicyclic) bond motifs is 1. The maximum absolute atomic E-state index is 13.8. The highest BCUT2D eigenvalue weighted by Crippen LogP contribution is 2.41. The molecule has 5 nitrogen and oxygen atoms in total. The molecule has 0 aromatic heterocycles. The van der Waals surface area contributed by atoms with Gasteiger partial charge in [-0.2, -0.15) is 13.1 Å². The summed E-state index contributed by atoms with van der Waals surface area (Å²) in [5.41, 5.74) is 0.437. The molecule has 2 aliphatic rings. The van der Waals surface area contributed by atoms with Gasteiger partial charge in [-0.15, -0.1) is 0 Å². The van der Waals surface area contributed by atoms with E-state index in [9.17, 15) is 12.8 Å². The average Bonchev–Trinajstić information content (AvgIpc) is 2.71. The van der Waals surface area contributed by atoms with Gasteiger partial charge in [0.15, 0.2) is 0 Å². The van der Waals surface area contributed by atoms with E-state index in [1.54, 1.807) is 25.1 Å². The van der Waals surface area contributed by atoms with Gasteiger partial charge in [-0.3, -0.25) is 4.18 Å². The molecule has 0 saturated carbocycles. The van der Waals surface area contributed by atoms with Crippen LogP contribution in [0.5, 0.6) is 0 Å². The minimum atomic E-state index is -3.73. The van der Waals surface area contributed by atoms with E-state index < -0.39 is 22.5 Å². The number of rotatable bonds is 1. The van der Waals surface area contributed by atoms with Crippen molar-refractivity contribution < 1.29 is 21.7 Å². The fraction of sp³-hybridized carbons (Fsp3) is 0.500. The molecule has 104 valence electrons. The normalized spacial score (nSPS) is 36.9. The van der Waals surface area contributed by atoms with Crippen LogP contribution in [0.15, 0.2) is 24.3 Å². The topological polar surface area (TPSA) is 64.6 Å². The second-order valence-electron chi connectivity index (χ2n) is 4.85. The van der Waals surface area contributed by atoms with Gasteiger partial charge in [0.2, 0.25) is 0 Å². The third-order valence-corrected chi connectivity index (χ3v) is 4.75. The van der Waals surface area contributed by atoms with Crippen LogP contribution in [0.25, 0.3) is 0 Å². The second kappa shape index (κ2) is 4.52. The summed E-state index contributed by atoms with van der Waals surface area (Å²) in [6, 6.07) is 5.99. The van der Waals surface area contributed by atoms with Gasteiger partial charge in [-0.1, -0.05) is 18.2 Å². The highest BCUT2D eigenvalue weighted by molar-refractivity contribution is 7.84. The summed E-state index contributed by atoms with van der Waals surface area (Å²) < 4.78 is 49.6. The van der Waals surface area contributed by atoms with Crippen molar-refractivity contribution in [3.63, 3.8) is 0 Å². The second-order valence-corrected chi connectivity index (χ2v) is 6.18. The lowest BCUT2D eigenvalue weighted by Crippen LogP contribution is -2.51. The van der Waals surface area contributed by atoms with Gasteiger partial charge in [0, 0.05) is 17.5 Å². The summed E-state index contributed by atoms with van der Waals surface area (Å²) in [5.74, 6) is -0.589. The number of benzene rings is 1. The van der Waals surface area contributed by atoms with Crippen LogP contribution >= 0.6 is 0 Å². The largest absolute Gasteiger partial charge is 0.370 e. The summed E-state index contributed by atoms with van der Waals surface area (Å²) in [6.07, 6.45) is -1.06. The summed E-state index contributed by atoms with van der Waals surface area (Å²) in [7, 11) is -3.73. The van der Waals surface area contributed by atoms with E-state index in [2.05, 4.69) is 4.72 Å². The molecule has 3 rings (SSSR count). The van der Waals surface area contributed by atoms with Crippen molar-refractivity contribution in [2.45, 2.75) is 25.2 Å². The Morgan fingerprint density at radius 2 is 2.11 bits per heavy atom. The van der Waals surface area contributed by atoms with Gasteiger partial charge in [0.1, 0.15) is 11.9 Å². The molecule has 0 spiro atoms. The molecule has 1 aromatic rings. The molecule has 4 atom stereocenters. The smallest absolute Gasteiger partial charge is 0.336 e. The first-order valence-corrected chi connectivity index (χ1v) is 7.45. The lowest BCUT2D eigenvalue weighted by Gasteiger charge is -2.33. The number of halogens is 1. The Labute approximate surface area is 111 Å². The van der Waals surface area contributed by atoms with Crippen molar-refractivity contribution in [1.82, 2.24) is 4.72 Å². The molecule has 7 heteroatoms.